The van der Waals surface area contributed by atoms with E-state index in [1.807, 2.05) is 0 Å². The molecule has 1 fully saturated rings. The lowest BCUT2D eigenvalue weighted by Crippen LogP contribution is -2.30. The van der Waals surface area contributed by atoms with Crippen molar-refractivity contribution in [3.8, 4) is 0 Å². The maximum Gasteiger partial charge on any atom is 0.0930 e. The maximum absolute atomic E-state index is 5.32. The van der Waals surface area contributed by atoms with Gasteiger partial charge in [0.15, 0.2) is 0 Å². The Balaban J connectivity index is 2.45. The van der Waals surface area contributed by atoms with E-state index in [9.17, 15) is 0 Å². The summed E-state index contributed by atoms with van der Waals surface area (Å²) in [5, 5.41) is 0. The lowest BCUT2D eigenvalue weighted by Gasteiger charge is -2.23. The summed E-state index contributed by atoms with van der Waals surface area (Å²) < 4.78 is 10.5. The van der Waals surface area contributed by atoms with Gasteiger partial charge in [0.05, 0.1) is 12.2 Å². The Hall–Kier alpha value is -0.0800. The van der Waals surface area contributed by atoms with Crippen molar-refractivity contribution in [3.05, 3.63) is 0 Å². The number of hydrogen-bond acceptors (Lipinski definition) is 2. The van der Waals surface area contributed by atoms with Gasteiger partial charge in [-0.25, -0.2) is 0 Å². The summed E-state index contributed by atoms with van der Waals surface area (Å²) in [6.45, 7) is 3.78. The molecule has 2 heteroatoms. The largest absolute Gasteiger partial charge is 0.378 e. The Morgan fingerprint density at radius 3 is 2.67 bits per heavy atom. The van der Waals surface area contributed by atoms with Crippen LogP contribution in [0.2, 0.25) is 0 Å². The minimum Gasteiger partial charge on any atom is -0.378 e. The van der Waals surface area contributed by atoms with Gasteiger partial charge in [-0.1, -0.05) is 6.92 Å². The van der Waals surface area contributed by atoms with Crippen LogP contribution >= 0.6 is 0 Å². The molecule has 0 bridgehead atoms. The Labute approximate surface area is 56.2 Å². The zero-order valence-electron chi connectivity index (χ0n) is 6.14. The average molecular weight is 130 g/mol. The van der Waals surface area contributed by atoms with Crippen LogP contribution in [-0.2, 0) is 9.47 Å². The van der Waals surface area contributed by atoms with E-state index in [0.29, 0.717) is 0 Å². The molecule has 0 saturated carbocycles. The quantitative estimate of drug-likeness (QED) is 0.559. The molecule has 2 nitrogen and oxygen atoms in total. The second-order valence-electron chi connectivity index (χ2n) is 2.54. The van der Waals surface area contributed by atoms with Crippen LogP contribution in [0.25, 0.3) is 0 Å². The molecule has 54 valence electrons. The third-order valence-corrected chi connectivity index (χ3v) is 2.14. The molecular formula is C7H14O2. The van der Waals surface area contributed by atoms with Gasteiger partial charge in [-0.05, 0) is 6.42 Å². The molecule has 1 saturated heterocycles. The average Bonchev–Trinajstić information content (AvgIpc) is 2.36. The van der Waals surface area contributed by atoms with Gasteiger partial charge in [-0.15, -0.1) is 0 Å². The Morgan fingerprint density at radius 1 is 1.67 bits per heavy atom. The molecule has 0 radical (unpaired) electrons. The molecule has 1 heterocycles. The van der Waals surface area contributed by atoms with Crippen LogP contribution in [0.1, 0.15) is 19.8 Å². The van der Waals surface area contributed by atoms with E-state index >= 15 is 0 Å². The number of ether oxygens (including phenoxy) is 2. The van der Waals surface area contributed by atoms with Crippen molar-refractivity contribution in [1.29, 1.82) is 0 Å². The van der Waals surface area contributed by atoms with E-state index in [1.54, 1.807) is 7.11 Å². The van der Waals surface area contributed by atoms with Gasteiger partial charge < -0.3 is 9.47 Å². The smallest absolute Gasteiger partial charge is 0.0930 e. The van der Waals surface area contributed by atoms with Crippen LogP contribution < -0.4 is 0 Å². The monoisotopic (exact) mass is 130 g/mol. The highest BCUT2D eigenvalue weighted by Crippen LogP contribution is 2.25. The Morgan fingerprint density at radius 2 is 2.44 bits per heavy atom. The zero-order chi connectivity index (χ0) is 6.74. The molecule has 1 aliphatic heterocycles. The Bertz CT molecular complexity index is 78.9. The van der Waals surface area contributed by atoms with Gasteiger partial charge in [0.1, 0.15) is 0 Å². The van der Waals surface area contributed by atoms with Crippen LogP contribution in [0.4, 0.5) is 0 Å². The van der Waals surface area contributed by atoms with Crippen LogP contribution in [0.5, 0.6) is 0 Å². The normalized spacial score (nSPS) is 35.3. The molecule has 0 aromatic heterocycles. The lowest BCUT2D eigenvalue weighted by molar-refractivity contribution is -0.0195. The number of rotatable bonds is 2. The van der Waals surface area contributed by atoms with E-state index in [0.717, 1.165) is 26.1 Å². The van der Waals surface area contributed by atoms with Gasteiger partial charge in [0, 0.05) is 20.1 Å². The van der Waals surface area contributed by atoms with Gasteiger partial charge >= 0.3 is 0 Å². The lowest BCUT2D eigenvalue weighted by atomic mass is 10.0. The highest BCUT2D eigenvalue weighted by molar-refractivity contribution is 4.82. The fourth-order valence-corrected chi connectivity index (χ4v) is 1.17. The van der Waals surface area contributed by atoms with Crippen molar-refractivity contribution < 1.29 is 9.47 Å². The van der Waals surface area contributed by atoms with Crippen LogP contribution in [0.15, 0.2) is 0 Å². The first kappa shape index (κ1) is 7.03. The maximum atomic E-state index is 5.32. The number of hydrogen-bond donors (Lipinski definition) is 0. The summed E-state index contributed by atoms with van der Waals surface area (Å²) in [5.74, 6) is 0. The van der Waals surface area contributed by atoms with Crippen molar-refractivity contribution in [2.24, 2.45) is 0 Å². The molecule has 1 atom stereocenters. The summed E-state index contributed by atoms with van der Waals surface area (Å²) in [7, 11) is 1.76. The summed E-state index contributed by atoms with van der Waals surface area (Å²) in [6, 6.07) is 0. The predicted octanol–water partition coefficient (Wildman–Crippen LogP) is 1.20. The summed E-state index contributed by atoms with van der Waals surface area (Å²) >= 11 is 0. The fraction of sp³-hybridized carbons (Fsp3) is 1.00. The molecule has 1 rings (SSSR count). The van der Waals surface area contributed by atoms with Crippen molar-refractivity contribution in [2.75, 3.05) is 20.3 Å². The minimum atomic E-state index is 0.0556. The molecule has 9 heavy (non-hydrogen) atoms. The molecule has 0 aliphatic carbocycles. The SMILES string of the molecule is CCC1(OC)CCOC1. The van der Waals surface area contributed by atoms with E-state index in [1.165, 1.54) is 0 Å². The standard InChI is InChI=1S/C7H14O2/c1-3-7(8-2)4-5-9-6-7/h3-6H2,1-2H3. The van der Waals surface area contributed by atoms with E-state index < -0.39 is 0 Å². The summed E-state index contributed by atoms with van der Waals surface area (Å²) in [4.78, 5) is 0. The van der Waals surface area contributed by atoms with Crippen LogP contribution in [-0.4, -0.2) is 25.9 Å². The van der Waals surface area contributed by atoms with Crippen LogP contribution in [0.3, 0.4) is 0 Å². The molecule has 1 unspecified atom stereocenters. The highest BCUT2D eigenvalue weighted by Gasteiger charge is 2.32. The van der Waals surface area contributed by atoms with Gasteiger partial charge in [0.25, 0.3) is 0 Å². The Kier molecular flexibility index (Phi) is 2.09. The molecule has 0 aromatic carbocycles. The van der Waals surface area contributed by atoms with Crippen molar-refractivity contribution >= 4 is 0 Å². The molecule has 0 aromatic rings. The van der Waals surface area contributed by atoms with Gasteiger partial charge in [0.2, 0.25) is 0 Å². The third kappa shape index (κ3) is 1.25. The third-order valence-electron chi connectivity index (χ3n) is 2.14. The summed E-state index contributed by atoms with van der Waals surface area (Å²) in [6.07, 6.45) is 2.11. The first-order valence-electron chi connectivity index (χ1n) is 3.46. The van der Waals surface area contributed by atoms with E-state index in [-0.39, 0.29) is 5.60 Å². The topological polar surface area (TPSA) is 18.5 Å². The molecule has 0 spiro atoms. The first-order chi connectivity index (χ1) is 4.33. The van der Waals surface area contributed by atoms with Gasteiger partial charge in [-0.3, -0.25) is 0 Å². The number of methoxy groups -OCH3 is 1. The summed E-state index contributed by atoms with van der Waals surface area (Å²) in [5.41, 5.74) is 0.0556. The van der Waals surface area contributed by atoms with Crippen molar-refractivity contribution in [2.45, 2.75) is 25.4 Å². The zero-order valence-corrected chi connectivity index (χ0v) is 6.14. The first-order valence-corrected chi connectivity index (χ1v) is 3.46. The predicted molar refractivity (Wildman–Crippen MR) is 35.5 cm³/mol. The molecule has 0 amide bonds. The second kappa shape index (κ2) is 2.67. The molecule has 0 N–H and O–H groups in total. The van der Waals surface area contributed by atoms with Crippen molar-refractivity contribution in [3.63, 3.8) is 0 Å². The van der Waals surface area contributed by atoms with Crippen LogP contribution in [0, 0.1) is 0 Å². The molecule has 1 aliphatic rings. The van der Waals surface area contributed by atoms with Crippen molar-refractivity contribution in [1.82, 2.24) is 0 Å². The second-order valence-corrected chi connectivity index (χ2v) is 2.54. The van der Waals surface area contributed by atoms with Gasteiger partial charge in [-0.2, -0.15) is 0 Å². The van der Waals surface area contributed by atoms with E-state index in [2.05, 4.69) is 6.92 Å². The van der Waals surface area contributed by atoms with E-state index in [4.69, 9.17) is 9.47 Å². The molecular weight excluding hydrogens is 116 g/mol. The highest BCUT2D eigenvalue weighted by atomic mass is 16.5. The minimum absolute atomic E-state index is 0.0556. The fourth-order valence-electron chi connectivity index (χ4n) is 1.17.